The summed E-state index contributed by atoms with van der Waals surface area (Å²) < 4.78 is 61.3. The number of ether oxygens (including phenoxy) is 10. The normalized spacial score (nSPS) is 41.4. The van der Waals surface area contributed by atoms with Crippen molar-refractivity contribution in [3.8, 4) is 0 Å². The van der Waals surface area contributed by atoms with Crippen LogP contribution in [0.4, 0.5) is 0 Å². The number of fused-ring (bicyclic) bond motifs is 6. The van der Waals surface area contributed by atoms with Gasteiger partial charge in [0.15, 0.2) is 0 Å². The maximum Gasteiger partial charge on any atom is 0.329 e. The van der Waals surface area contributed by atoms with Crippen LogP contribution in [0, 0.1) is 59.2 Å². The number of carbonyl (C=O) groups excluding carboxylic acids is 8. The van der Waals surface area contributed by atoms with Crippen molar-refractivity contribution in [2.24, 2.45) is 59.2 Å². The van der Waals surface area contributed by atoms with Crippen LogP contribution in [0.2, 0.25) is 0 Å². The van der Waals surface area contributed by atoms with Gasteiger partial charge in [0.05, 0.1) is 61.0 Å². The van der Waals surface area contributed by atoms with Crippen molar-refractivity contribution >= 4 is 46.9 Å². The smallest absolute Gasteiger partial charge is 0.329 e. The fraction of sp³-hybridized carbons (Fsp3) is 0.816. The summed E-state index contributed by atoms with van der Waals surface area (Å²) in [6.07, 6.45) is 3.22. The van der Waals surface area contributed by atoms with Crippen molar-refractivity contribution in [1.29, 1.82) is 0 Å². The summed E-state index contributed by atoms with van der Waals surface area (Å²) in [6, 6.07) is -2.52. The van der Waals surface area contributed by atoms with E-state index >= 15 is 9.59 Å². The zero-order valence-corrected chi connectivity index (χ0v) is 69.6. The number of esters is 2. The molecule has 0 unspecified atom stereocenters. The molecule has 28 atom stereocenters. The van der Waals surface area contributed by atoms with E-state index in [4.69, 9.17) is 47.4 Å². The van der Waals surface area contributed by atoms with Gasteiger partial charge in [-0.3, -0.25) is 28.8 Å². The minimum atomic E-state index is -2.63. The molecule has 2 saturated carbocycles. The Morgan fingerprint density at radius 2 is 0.796 bits per heavy atom. The van der Waals surface area contributed by atoms with Crippen molar-refractivity contribution in [3.05, 3.63) is 46.6 Å². The summed E-state index contributed by atoms with van der Waals surface area (Å²) in [5.74, 6) is -18.0. The first-order valence-electron chi connectivity index (χ1n) is 41.6. The molecule has 26 nitrogen and oxygen atoms in total. The maximum absolute atomic E-state index is 15.4. The van der Waals surface area contributed by atoms with Crippen molar-refractivity contribution in [2.75, 3.05) is 55.7 Å². The Kier molecular flexibility index (Phi) is 36.3. The fourth-order valence-corrected chi connectivity index (χ4v) is 19.3. The number of Topliss-reactive ketones (excluding diaryl/α,β-unsaturated/α-hetero) is 4. The molecule has 2 amide bonds. The highest BCUT2D eigenvalue weighted by molar-refractivity contribution is 6.39. The van der Waals surface area contributed by atoms with E-state index in [-0.39, 0.29) is 107 Å². The van der Waals surface area contributed by atoms with Crippen LogP contribution in [0.3, 0.4) is 0 Å². The first-order valence-corrected chi connectivity index (χ1v) is 41.6. The molecule has 0 aromatic carbocycles. The van der Waals surface area contributed by atoms with Gasteiger partial charge < -0.3 is 87.8 Å². The Labute approximate surface area is 671 Å². The average molecular weight is 1600 g/mol. The lowest BCUT2D eigenvalue weighted by molar-refractivity contribution is -0.302. The van der Waals surface area contributed by atoms with E-state index < -0.39 is 180 Å². The molecule has 4 bridgehead atoms. The van der Waals surface area contributed by atoms with Gasteiger partial charge in [0.2, 0.25) is 11.6 Å². The zero-order valence-electron chi connectivity index (χ0n) is 69.6. The Morgan fingerprint density at radius 1 is 0.460 bits per heavy atom. The molecular formula is C87H140N2O24. The summed E-state index contributed by atoms with van der Waals surface area (Å²) >= 11 is 0. The second-order valence-corrected chi connectivity index (χ2v) is 34.8. The minimum absolute atomic E-state index is 0. The van der Waals surface area contributed by atoms with Gasteiger partial charge in [0, 0.05) is 104 Å². The van der Waals surface area contributed by atoms with Crippen LogP contribution >= 0.6 is 0 Å². The summed E-state index contributed by atoms with van der Waals surface area (Å²) in [6.45, 7) is 18.1. The van der Waals surface area contributed by atoms with Crippen LogP contribution in [-0.2, 0) is 85.7 Å². The number of allylic oxidation sites excluding steroid dienone is 6. The van der Waals surface area contributed by atoms with Gasteiger partial charge in [-0.1, -0.05) is 97.3 Å². The predicted octanol–water partition coefficient (Wildman–Crippen LogP) is 9.34. The second kappa shape index (κ2) is 43.1. The number of amides is 2. The number of methoxy groups -OCH3 is 6. The van der Waals surface area contributed by atoms with Crippen molar-refractivity contribution in [3.63, 3.8) is 0 Å². The number of aliphatic hydroxyl groups is 6. The Morgan fingerprint density at radius 3 is 1.13 bits per heavy atom. The molecule has 8 aliphatic rings. The van der Waals surface area contributed by atoms with E-state index in [0.717, 1.165) is 20.9 Å². The predicted molar refractivity (Wildman–Crippen MR) is 421 cm³/mol. The van der Waals surface area contributed by atoms with Gasteiger partial charge in [-0.05, 0) is 191 Å². The van der Waals surface area contributed by atoms with E-state index in [9.17, 15) is 59.4 Å². The van der Waals surface area contributed by atoms with E-state index in [2.05, 4.69) is 0 Å². The van der Waals surface area contributed by atoms with Gasteiger partial charge >= 0.3 is 11.9 Å². The average Bonchev–Trinajstić information content (AvgIpc) is 1.03. The van der Waals surface area contributed by atoms with Gasteiger partial charge in [-0.15, -0.1) is 0 Å². The fourth-order valence-electron chi connectivity index (χ4n) is 19.3. The molecule has 0 aromatic rings. The standard InChI is InChI=1S/C86H136N2O24.CH4/c1-47-33-49(3)37-71(105-13)77-73(107-15)41-53(7)85(101,111-77)79(95)81(97)87-31-21-19-25-61(87)83(99)109-75(51(5)39-57-27-29-63(89)69(43-57)103-11)55(9)65(91)45-67(93)59(35-47)23-17-18-24-60-36-48(2)34-50(4)38-72(106-14)78-74(108-16)42-54(8)86(102,112-78)80(96)82(98)88-32-22-20-26-62(88)84(100)110-76(56(10)66(92)46-68(60)94)52(6)40-58-28-30-64(90)70(44-58)104-12;/h35-36,39-40,49-50,53-66,69-78,89-92,101-102H,17-34,37-38,41-46H2,1-16H3;1H4/b47-35+,48-36+,51-39+,52-40+;/t49-,50-,53+,54+,55+,56+,57-,58-,59+,60+,61-,62-,63+,64+,65-,66-,69+,70+,71-,72-,73-,74-,75+,76+,77+,78+,85+,86+;/m0./s1. The largest absolute Gasteiger partial charge is 0.456 e. The quantitative estimate of drug-likeness (QED) is 0.0385. The first-order chi connectivity index (χ1) is 53.1. The van der Waals surface area contributed by atoms with Crippen LogP contribution in [0.5, 0.6) is 0 Å². The van der Waals surface area contributed by atoms with E-state index in [1.165, 1.54) is 42.7 Å². The molecule has 0 radical (unpaired) electrons. The number of unbranched alkanes of at least 4 members (excludes halogenated alkanes) is 1. The van der Waals surface area contributed by atoms with Crippen LogP contribution < -0.4 is 0 Å². The topological polar surface area (TPSA) is 357 Å². The number of hydrogen-bond acceptors (Lipinski definition) is 24. The molecule has 8 rings (SSSR count). The number of ketones is 4. The van der Waals surface area contributed by atoms with Crippen molar-refractivity contribution < 1.29 is 116 Å². The third kappa shape index (κ3) is 23.5. The van der Waals surface area contributed by atoms with Crippen LogP contribution in [0.15, 0.2) is 46.6 Å². The number of piperidine rings is 2. The van der Waals surface area contributed by atoms with Crippen molar-refractivity contribution in [1.82, 2.24) is 9.80 Å². The third-order valence-corrected chi connectivity index (χ3v) is 26.2. The summed E-state index contributed by atoms with van der Waals surface area (Å²) in [4.78, 5) is 122. The zero-order chi connectivity index (χ0) is 82.4. The van der Waals surface area contributed by atoms with Gasteiger partial charge in [0.25, 0.3) is 23.4 Å². The lowest BCUT2D eigenvalue weighted by atomic mass is 9.81. The Hall–Kier alpha value is -5.04. The monoisotopic (exact) mass is 1600 g/mol. The number of aliphatic hydroxyl groups excluding tert-OH is 4. The maximum atomic E-state index is 15.4. The van der Waals surface area contributed by atoms with E-state index in [1.54, 1.807) is 41.5 Å². The number of cyclic esters (lactones) is 2. The third-order valence-electron chi connectivity index (χ3n) is 26.2. The molecular weight excluding hydrogens is 1460 g/mol. The molecule has 6 fully saturated rings. The lowest BCUT2D eigenvalue weighted by Gasteiger charge is -2.47. The molecule has 6 heterocycles. The molecule has 642 valence electrons. The van der Waals surface area contributed by atoms with Crippen molar-refractivity contribution in [2.45, 2.75) is 340 Å². The Bertz CT molecular complexity index is 3110. The summed E-state index contributed by atoms with van der Waals surface area (Å²) in [5.41, 5.74) is 2.82. The minimum Gasteiger partial charge on any atom is -0.456 e. The molecule has 26 heteroatoms. The number of carbonyl (C=O) groups is 8. The van der Waals surface area contributed by atoms with Crippen LogP contribution in [0.25, 0.3) is 0 Å². The Balaban J connectivity index is 0.0000177. The molecule has 6 aliphatic heterocycles. The molecule has 4 saturated heterocycles. The highest BCUT2D eigenvalue weighted by Gasteiger charge is 2.59. The highest BCUT2D eigenvalue weighted by Crippen LogP contribution is 2.43. The SMILES string of the molecule is C.CO[C@H]1C[C@@H](C)C/C(C)=C/[C@@H](CCCC[C@@H]2/C=C(\C)C[C@H](C)C[C@H](OC)[C@H]3O[C@@](O)(C(=O)C(=O)N4CCCC[C@H]4C(=O)O[C@H](/C(C)=C/[C@@H]4CC[C@@H](O)[C@H](OC)C4)[C@H](C)[C@@H](O)CC2=O)[C@H](C)C[C@@H]3OC)C(=O)C[C@H](O)[C@@H](C)[C@@H](/C(C)=C/[C@@H]2CC[C@@H](O)[C@H](OC)C2)OC(=O)[C@@H]2CCCCN2C(=O)C(=O)[C@]2(O)O[C@H]1[C@@H](OC)C[C@H]2C. The van der Waals surface area contributed by atoms with E-state index in [0.29, 0.717) is 114 Å². The molecule has 6 N–H and O–H groups in total. The highest BCUT2D eigenvalue weighted by atomic mass is 16.7. The molecule has 0 aromatic heterocycles. The van der Waals surface area contributed by atoms with Gasteiger partial charge in [-0.2, -0.15) is 0 Å². The summed E-state index contributed by atoms with van der Waals surface area (Å²) in [7, 11) is 9.07. The molecule has 2 aliphatic carbocycles. The molecule has 0 spiro atoms. The second-order valence-electron chi connectivity index (χ2n) is 34.8. The first kappa shape index (κ1) is 95.1. The lowest BCUT2D eigenvalue weighted by Crippen LogP contribution is -2.64. The number of nitrogens with zero attached hydrogens (tertiary/aromatic N) is 2. The van der Waals surface area contributed by atoms with Crippen LogP contribution in [0.1, 0.15) is 231 Å². The van der Waals surface area contributed by atoms with Gasteiger partial charge in [-0.25, -0.2) is 9.59 Å². The van der Waals surface area contributed by atoms with Gasteiger partial charge in [0.1, 0.15) is 48.1 Å². The molecule has 113 heavy (non-hydrogen) atoms. The summed E-state index contributed by atoms with van der Waals surface area (Å²) in [5, 5.41) is 71.5. The number of rotatable bonds is 15. The van der Waals surface area contributed by atoms with Crippen LogP contribution in [-0.4, -0.2) is 252 Å². The number of hydrogen-bond donors (Lipinski definition) is 6. The van der Waals surface area contributed by atoms with E-state index in [1.807, 2.05) is 52.0 Å².